The molecule has 2 aromatic rings. The summed E-state index contributed by atoms with van der Waals surface area (Å²) >= 11 is 3.46. The highest BCUT2D eigenvalue weighted by molar-refractivity contribution is 9.10. The Hall–Kier alpha value is -2.13. The van der Waals surface area contributed by atoms with Crippen LogP contribution in [-0.4, -0.2) is 12.3 Å². The quantitative estimate of drug-likeness (QED) is 0.371. The highest BCUT2D eigenvalue weighted by atomic mass is 79.9. The summed E-state index contributed by atoms with van der Waals surface area (Å²) in [5.41, 5.74) is 2.67. The summed E-state index contributed by atoms with van der Waals surface area (Å²) in [6, 6.07) is 17.9. The molecule has 0 aliphatic heterocycles. The Balaban J connectivity index is 2.53. The van der Waals surface area contributed by atoms with Gasteiger partial charge in [-0.1, -0.05) is 58.9 Å². The van der Waals surface area contributed by atoms with E-state index in [1.807, 2.05) is 67.6 Å². The van der Waals surface area contributed by atoms with Crippen LogP contribution in [0.1, 0.15) is 12.5 Å². The number of allylic oxidation sites excluding steroid dienone is 3. The van der Waals surface area contributed by atoms with Crippen molar-refractivity contribution in [2.45, 2.75) is 6.92 Å². The molecule has 0 heterocycles. The van der Waals surface area contributed by atoms with E-state index in [1.54, 1.807) is 6.08 Å². The largest absolute Gasteiger partial charge is 0.492 e. The standard InChI is InChI=1S/C19H18BrNO/c1-3-8-18(22-4-2)19(15-11-13-16(20)14-12-15)21-17-9-6-5-7-10-17/h3,5-14H,1,4H2,2H3/b18-8+,21-19?. The number of rotatable bonds is 6. The average molecular weight is 356 g/mol. The SMILES string of the molecule is C=C/C=C(/OCC)C(=Nc1ccccc1)c1ccc(Br)cc1. The lowest BCUT2D eigenvalue weighted by Gasteiger charge is -2.12. The van der Waals surface area contributed by atoms with Crippen molar-refractivity contribution < 1.29 is 4.74 Å². The zero-order chi connectivity index (χ0) is 15.8. The molecule has 112 valence electrons. The summed E-state index contributed by atoms with van der Waals surface area (Å²) in [5, 5.41) is 0. The second-order valence-corrected chi connectivity index (χ2v) is 5.42. The van der Waals surface area contributed by atoms with E-state index in [1.165, 1.54) is 0 Å². The fraction of sp³-hybridized carbons (Fsp3) is 0.105. The van der Waals surface area contributed by atoms with Gasteiger partial charge in [-0.3, -0.25) is 0 Å². The molecule has 0 bridgehead atoms. The van der Waals surface area contributed by atoms with E-state index in [0.717, 1.165) is 21.4 Å². The minimum Gasteiger partial charge on any atom is -0.492 e. The minimum absolute atomic E-state index is 0.573. The van der Waals surface area contributed by atoms with Crippen LogP contribution in [0.3, 0.4) is 0 Å². The number of halogens is 1. The van der Waals surface area contributed by atoms with Gasteiger partial charge in [-0.15, -0.1) is 0 Å². The van der Waals surface area contributed by atoms with Crippen molar-refractivity contribution in [3.05, 3.63) is 89.1 Å². The third-order valence-corrected chi connectivity index (χ3v) is 3.45. The molecule has 0 unspecified atom stereocenters. The molecule has 0 aliphatic carbocycles. The van der Waals surface area contributed by atoms with Crippen molar-refractivity contribution in [1.29, 1.82) is 0 Å². The van der Waals surface area contributed by atoms with Gasteiger partial charge in [0, 0.05) is 10.0 Å². The maximum absolute atomic E-state index is 5.75. The van der Waals surface area contributed by atoms with Crippen LogP contribution >= 0.6 is 15.9 Å². The Bertz CT molecular complexity index is 672. The molecule has 2 aromatic carbocycles. The highest BCUT2D eigenvalue weighted by Crippen LogP contribution is 2.20. The van der Waals surface area contributed by atoms with Gasteiger partial charge in [-0.05, 0) is 37.3 Å². The Morgan fingerprint density at radius 2 is 1.82 bits per heavy atom. The smallest absolute Gasteiger partial charge is 0.145 e. The van der Waals surface area contributed by atoms with Crippen molar-refractivity contribution >= 4 is 27.3 Å². The number of benzene rings is 2. The van der Waals surface area contributed by atoms with Crippen LogP contribution in [0.15, 0.2) is 88.6 Å². The number of hydrogen-bond acceptors (Lipinski definition) is 2. The van der Waals surface area contributed by atoms with Crippen molar-refractivity contribution in [2.75, 3.05) is 6.61 Å². The molecular weight excluding hydrogens is 338 g/mol. The van der Waals surface area contributed by atoms with Gasteiger partial charge in [-0.25, -0.2) is 4.99 Å². The molecule has 0 aromatic heterocycles. The molecular formula is C19H18BrNO. The van der Waals surface area contributed by atoms with E-state index in [0.29, 0.717) is 12.4 Å². The lowest BCUT2D eigenvalue weighted by atomic mass is 10.1. The summed E-state index contributed by atoms with van der Waals surface area (Å²) < 4.78 is 6.78. The predicted octanol–water partition coefficient (Wildman–Crippen LogP) is 5.68. The van der Waals surface area contributed by atoms with Gasteiger partial charge >= 0.3 is 0 Å². The van der Waals surface area contributed by atoms with Gasteiger partial charge in [-0.2, -0.15) is 0 Å². The van der Waals surface area contributed by atoms with Gasteiger partial charge in [0.1, 0.15) is 11.5 Å². The Labute approximate surface area is 140 Å². The van der Waals surface area contributed by atoms with Crippen molar-refractivity contribution in [3.8, 4) is 0 Å². The zero-order valence-corrected chi connectivity index (χ0v) is 14.1. The van der Waals surface area contributed by atoms with E-state index in [4.69, 9.17) is 9.73 Å². The van der Waals surface area contributed by atoms with Gasteiger partial charge in [0.25, 0.3) is 0 Å². The minimum atomic E-state index is 0.573. The molecule has 0 radical (unpaired) electrons. The molecule has 0 saturated heterocycles. The van der Waals surface area contributed by atoms with Crippen LogP contribution in [0.4, 0.5) is 5.69 Å². The average Bonchev–Trinajstić information content (AvgIpc) is 2.54. The maximum atomic E-state index is 5.75. The van der Waals surface area contributed by atoms with Crippen LogP contribution in [-0.2, 0) is 4.74 Å². The number of aliphatic imine (C=N–C) groups is 1. The summed E-state index contributed by atoms with van der Waals surface area (Å²) in [4.78, 5) is 4.76. The van der Waals surface area contributed by atoms with Crippen LogP contribution in [0.2, 0.25) is 0 Å². The summed E-state index contributed by atoms with van der Waals surface area (Å²) in [7, 11) is 0. The first-order chi connectivity index (χ1) is 10.7. The summed E-state index contributed by atoms with van der Waals surface area (Å²) in [6.45, 7) is 6.29. The van der Waals surface area contributed by atoms with Gasteiger partial charge < -0.3 is 4.74 Å². The third kappa shape index (κ3) is 4.43. The van der Waals surface area contributed by atoms with Crippen LogP contribution < -0.4 is 0 Å². The van der Waals surface area contributed by atoms with Crippen LogP contribution in [0.5, 0.6) is 0 Å². The molecule has 0 atom stereocenters. The first-order valence-electron chi connectivity index (χ1n) is 7.10. The Kier molecular flexibility index (Phi) is 6.16. The molecule has 0 spiro atoms. The highest BCUT2D eigenvalue weighted by Gasteiger charge is 2.11. The first kappa shape index (κ1) is 16.2. The summed E-state index contributed by atoms with van der Waals surface area (Å²) in [5.74, 6) is 0.712. The Morgan fingerprint density at radius 3 is 2.41 bits per heavy atom. The topological polar surface area (TPSA) is 21.6 Å². The van der Waals surface area contributed by atoms with Gasteiger partial charge in [0.2, 0.25) is 0 Å². The number of hydrogen-bond donors (Lipinski definition) is 0. The molecule has 3 heteroatoms. The van der Waals surface area contributed by atoms with E-state index < -0.39 is 0 Å². The number of nitrogens with zero attached hydrogens (tertiary/aromatic N) is 1. The van der Waals surface area contributed by atoms with Crippen molar-refractivity contribution in [2.24, 2.45) is 4.99 Å². The molecule has 0 aliphatic rings. The molecule has 0 saturated carbocycles. The van der Waals surface area contributed by atoms with Gasteiger partial charge in [0.15, 0.2) is 0 Å². The fourth-order valence-corrected chi connectivity index (χ4v) is 2.22. The fourth-order valence-electron chi connectivity index (χ4n) is 1.96. The van der Waals surface area contributed by atoms with E-state index in [2.05, 4.69) is 22.5 Å². The lowest BCUT2D eigenvalue weighted by molar-refractivity contribution is 0.250. The molecule has 0 N–H and O–H groups in total. The lowest BCUT2D eigenvalue weighted by Crippen LogP contribution is -2.08. The second kappa shape index (κ2) is 8.35. The normalized spacial score (nSPS) is 12.1. The third-order valence-electron chi connectivity index (χ3n) is 2.92. The van der Waals surface area contributed by atoms with E-state index >= 15 is 0 Å². The van der Waals surface area contributed by atoms with Crippen molar-refractivity contribution in [3.63, 3.8) is 0 Å². The zero-order valence-electron chi connectivity index (χ0n) is 12.5. The molecule has 22 heavy (non-hydrogen) atoms. The molecule has 2 rings (SSSR count). The monoisotopic (exact) mass is 355 g/mol. The second-order valence-electron chi connectivity index (χ2n) is 4.50. The molecule has 0 amide bonds. The Morgan fingerprint density at radius 1 is 1.14 bits per heavy atom. The van der Waals surface area contributed by atoms with E-state index in [-0.39, 0.29) is 0 Å². The predicted molar refractivity (Wildman–Crippen MR) is 96.7 cm³/mol. The van der Waals surface area contributed by atoms with Gasteiger partial charge in [0.05, 0.1) is 12.3 Å². The van der Waals surface area contributed by atoms with Crippen LogP contribution in [0.25, 0.3) is 0 Å². The van der Waals surface area contributed by atoms with E-state index in [9.17, 15) is 0 Å². The molecule has 2 nitrogen and oxygen atoms in total. The number of para-hydroxylation sites is 1. The maximum Gasteiger partial charge on any atom is 0.145 e. The summed E-state index contributed by atoms with van der Waals surface area (Å²) in [6.07, 6.45) is 3.55. The van der Waals surface area contributed by atoms with Crippen LogP contribution in [0, 0.1) is 0 Å². The van der Waals surface area contributed by atoms with Crippen molar-refractivity contribution in [1.82, 2.24) is 0 Å². The number of ether oxygens (including phenoxy) is 1. The molecule has 0 fully saturated rings. The first-order valence-corrected chi connectivity index (χ1v) is 7.89.